The standard InChI is InChI=1S/C34H47NO/c1-23-16-28-31(4)27(8-7-13-34(31)29(23)30(34,2)3)32(11-5-6-12-32)22-33(28)14-9-24(19-33)17-26(21-36)18-25-10-15-35-20-25/h7,10,13,15-16,20,24,26-27,29,35-36H,1,5-6,8-9,11-12,14,17-19,21-22H2,2-4H3/t24-,26-,27+,29-,31+,33+,34-/m0/s1. The summed E-state index contributed by atoms with van der Waals surface area (Å²) >= 11 is 0. The Morgan fingerprint density at radius 2 is 1.97 bits per heavy atom. The molecule has 1 aromatic heterocycles. The molecule has 1 aromatic rings. The summed E-state index contributed by atoms with van der Waals surface area (Å²) in [7, 11) is 0. The fraction of sp³-hybridized carbons (Fsp3) is 0.706. The predicted molar refractivity (Wildman–Crippen MR) is 147 cm³/mol. The van der Waals surface area contributed by atoms with Gasteiger partial charge in [0.05, 0.1) is 0 Å². The number of rotatable bonds is 5. The molecule has 3 spiro atoms. The molecule has 0 radical (unpaired) electrons. The summed E-state index contributed by atoms with van der Waals surface area (Å²) < 4.78 is 0. The van der Waals surface area contributed by atoms with Gasteiger partial charge in [-0.2, -0.15) is 0 Å². The quantitative estimate of drug-likeness (QED) is 0.407. The number of aliphatic hydroxyl groups is 1. The molecule has 2 nitrogen and oxygen atoms in total. The number of hydrogen-bond donors (Lipinski definition) is 2. The minimum atomic E-state index is 0.271. The number of hydrogen-bond acceptors (Lipinski definition) is 1. The van der Waals surface area contributed by atoms with Crippen molar-refractivity contribution in [1.29, 1.82) is 0 Å². The van der Waals surface area contributed by atoms with Crippen LogP contribution in [0.5, 0.6) is 0 Å². The van der Waals surface area contributed by atoms with Gasteiger partial charge in [0.1, 0.15) is 0 Å². The van der Waals surface area contributed by atoms with Gasteiger partial charge in [-0.25, -0.2) is 0 Å². The molecule has 2 N–H and O–H groups in total. The van der Waals surface area contributed by atoms with Crippen LogP contribution in [0.15, 0.2) is 54.4 Å². The van der Waals surface area contributed by atoms with Crippen LogP contribution in [0.1, 0.15) is 90.5 Å². The lowest BCUT2D eigenvalue weighted by Gasteiger charge is -2.66. The molecular formula is C34H47NO. The van der Waals surface area contributed by atoms with Crippen molar-refractivity contribution in [1.82, 2.24) is 4.98 Å². The van der Waals surface area contributed by atoms with Gasteiger partial charge in [0.15, 0.2) is 0 Å². The summed E-state index contributed by atoms with van der Waals surface area (Å²) in [5, 5.41) is 10.3. The first-order valence-electron chi connectivity index (χ1n) is 15.0. The van der Waals surface area contributed by atoms with Gasteiger partial charge in [0, 0.05) is 29.8 Å². The van der Waals surface area contributed by atoms with E-state index in [9.17, 15) is 5.11 Å². The third kappa shape index (κ3) is 2.73. The zero-order chi connectivity index (χ0) is 25.0. The summed E-state index contributed by atoms with van der Waals surface area (Å²) in [5.74, 6) is 2.52. The molecule has 6 aliphatic rings. The van der Waals surface area contributed by atoms with Gasteiger partial charge in [0.2, 0.25) is 0 Å². The summed E-state index contributed by atoms with van der Waals surface area (Å²) in [5.41, 5.74) is 6.31. The van der Waals surface area contributed by atoms with E-state index in [0.29, 0.717) is 34.7 Å². The lowest BCUT2D eigenvalue weighted by Crippen LogP contribution is -2.58. The third-order valence-corrected chi connectivity index (χ3v) is 13.2. The van der Waals surface area contributed by atoms with E-state index in [4.69, 9.17) is 6.58 Å². The van der Waals surface area contributed by atoms with Crippen LogP contribution in [0.4, 0.5) is 0 Å². The van der Waals surface area contributed by atoms with E-state index in [1.807, 2.05) is 11.8 Å². The molecular weight excluding hydrogens is 438 g/mol. The Morgan fingerprint density at radius 3 is 2.69 bits per heavy atom. The zero-order valence-corrected chi connectivity index (χ0v) is 22.9. The summed E-state index contributed by atoms with van der Waals surface area (Å²) in [4.78, 5) is 3.20. The molecule has 1 heterocycles. The van der Waals surface area contributed by atoms with Crippen molar-refractivity contribution < 1.29 is 5.11 Å². The van der Waals surface area contributed by atoms with Crippen molar-refractivity contribution in [2.24, 2.45) is 50.7 Å². The third-order valence-electron chi connectivity index (χ3n) is 13.2. The Hall–Kier alpha value is -1.54. The van der Waals surface area contributed by atoms with Crippen LogP contribution in [-0.4, -0.2) is 16.7 Å². The van der Waals surface area contributed by atoms with Crippen LogP contribution >= 0.6 is 0 Å². The maximum Gasteiger partial charge on any atom is 0.0462 e. The fourth-order valence-corrected chi connectivity index (χ4v) is 12.2. The van der Waals surface area contributed by atoms with Crippen LogP contribution in [0, 0.1) is 50.7 Å². The van der Waals surface area contributed by atoms with Gasteiger partial charge in [-0.1, -0.05) is 69.6 Å². The number of H-pyrrole nitrogens is 1. The van der Waals surface area contributed by atoms with Crippen molar-refractivity contribution in [2.45, 2.75) is 91.4 Å². The second-order valence-corrected chi connectivity index (χ2v) is 14.9. The second-order valence-electron chi connectivity index (χ2n) is 14.9. The number of aliphatic hydroxyl groups excluding tert-OH is 1. The Morgan fingerprint density at radius 1 is 1.17 bits per heavy atom. The van der Waals surface area contributed by atoms with Crippen LogP contribution in [-0.2, 0) is 6.42 Å². The molecule has 6 aliphatic carbocycles. The van der Waals surface area contributed by atoms with E-state index >= 15 is 0 Å². The first kappa shape index (κ1) is 23.6. The smallest absolute Gasteiger partial charge is 0.0462 e. The first-order chi connectivity index (χ1) is 17.2. The zero-order valence-electron chi connectivity index (χ0n) is 22.9. The average Bonchev–Trinajstić information content (AvgIpc) is 3.42. The maximum absolute atomic E-state index is 10.3. The second kappa shape index (κ2) is 7.52. The highest BCUT2D eigenvalue weighted by atomic mass is 16.3. The Labute approximate surface area is 218 Å². The van der Waals surface area contributed by atoms with Gasteiger partial charge in [-0.15, -0.1) is 0 Å². The van der Waals surface area contributed by atoms with Gasteiger partial charge >= 0.3 is 0 Å². The van der Waals surface area contributed by atoms with E-state index < -0.39 is 0 Å². The van der Waals surface area contributed by atoms with Crippen LogP contribution in [0.3, 0.4) is 0 Å². The van der Waals surface area contributed by atoms with E-state index in [1.54, 1.807) is 0 Å². The van der Waals surface area contributed by atoms with Crippen molar-refractivity contribution in [2.75, 3.05) is 6.61 Å². The van der Waals surface area contributed by atoms with Gasteiger partial charge in [-0.05, 0) is 109 Å². The highest BCUT2D eigenvalue weighted by Gasteiger charge is 2.83. The molecule has 0 aromatic carbocycles. The van der Waals surface area contributed by atoms with E-state index in [0.717, 1.165) is 18.3 Å². The molecule has 0 bridgehead atoms. The van der Waals surface area contributed by atoms with Gasteiger partial charge in [-0.3, -0.25) is 0 Å². The molecule has 0 aliphatic heterocycles. The highest BCUT2D eigenvalue weighted by Crippen LogP contribution is 2.89. The van der Waals surface area contributed by atoms with Crippen molar-refractivity contribution in [3.05, 3.63) is 60.0 Å². The minimum absolute atomic E-state index is 0.271. The van der Waals surface area contributed by atoms with Crippen molar-refractivity contribution in [3.63, 3.8) is 0 Å². The molecule has 36 heavy (non-hydrogen) atoms. The monoisotopic (exact) mass is 485 g/mol. The van der Waals surface area contributed by atoms with E-state index in [-0.39, 0.29) is 10.8 Å². The molecule has 7 rings (SSSR count). The Bertz CT molecular complexity index is 1120. The highest BCUT2D eigenvalue weighted by molar-refractivity contribution is 5.56. The van der Waals surface area contributed by atoms with Gasteiger partial charge in [0.25, 0.3) is 0 Å². The van der Waals surface area contributed by atoms with E-state index in [1.165, 1.54) is 75.3 Å². The van der Waals surface area contributed by atoms with Crippen molar-refractivity contribution >= 4 is 0 Å². The summed E-state index contributed by atoms with van der Waals surface area (Å²) in [6.07, 6.45) is 26.8. The van der Waals surface area contributed by atoms with Crippen molar-refractivity contribution in [3.8, 4) is 0 Å². The molecule has 194 valence electrons. The van der Waals surface area contributed by atoms with Crippen LogP contribution in [0.25, 0.3) is 0 Å². The molecule has 2 heteroatoms. The number of aromatic nitrogens is 1. The van der Waals surface area contributed by atoms with E-state index in [2.05, 4.69) is 56.2 Å². The van der Waals surface area contributed by atoms with Crippen LogP contribution < -0.4 is 0 Å². The lowest BCUT2D eigenvalue weighted by molar-refractivity contribution is -0.0798. The number of allylic oxidation sites excluding steroid dienone is 5. The van der Waals surface area contributed by atoms with Crippen LogP contribution in [0.2, 0.25) is 0 Å². The molecule has 0 amide bonds. The predicted octanol–water partition coefficient (Wildman–Crippen LogP) is 8.03. The molecule has 4 fully saturated rings. The lowest BCUT2D eigenvalue weighted by atomic mass is 9.38. The van der Waals surface area contributed by atoms with Gasteiger partial charge < -0.3 is 10.1 Å². The average molecular weight is 486 g/mol. The summed E-state index contributed by atoms with van der Waals surface area (Å²) in [6, 6.07) is 2.17. The molecule has 0 saturated heterocycles. The largest absolute Gasteiger partial charge is 0.396 e. The molecule has 7 atom stereocenters. The molecule has 0 unspecified atom stereocenters. The topological polar surface area (TPSA) is 36.0 Å². The maximum atomic E-state index is 10.3. The first-order valence-corrected chi connectivity index (χ1v) is 15.0. The fourth-order valence-electron chi connectivity index (χ4n) is 12.2. The number of nitrogens with one attached hydrogen (secondary N) is 1. The Kier molecular flexibility index (Phi) is 4.92. The minimum Gasteiger partial charge on any atom is -0.396 e. The normalized spacial score (nSPS) is 43.9. The summed E-state index contributed by atoms with van der Waals surface area (Å²) in [6.45, 7) is 12.8. The molecule has 4 saturated carbocycles. The number of fused-ring (bicyclic) bond motifs is 2. The SMILES string of the molecule is C=C1C=C2[C@@]3(CC[C@@H](C[C@H](CO)Cc4cc[nH]c4)C3)CC3(CCCC3)[C@@H]3CC=C[C@@]4([C@@H]1C4(C)C)[C@@]23C. The Balaban J connectivity index is 1.27. The number of aromatic amines is 1.